The van der Waals surface area contributed by atoms with Gasteiger partial charge in [-0.05, 0) is 58.5 Å². The molecule has 0 spiro atoms. The Hall–Kier alpha value is -2.68. The zero-order chi connectivity index (χ0) is 25.4. The molecule has 1 amide bonds. The van der Waals surface area contributed by atoms with Crippen LogP contribution in [-0.4, -0.2) is 58.2 Å². The summed E-state index contributed by atoms with van der Waals surface area (Å²) < 4.78 is 5.01. The number of aromatic nitrogens is 3. The number of nitrogens with one attached hydrogen (secondary N) is 2. The van der Waals surface area contributed by atoms with Crippen molar-refractivity contribution in [3.8, 4) is 11.3 Å². The number of pyridine rings is 1. The van der Waals surface area contributed by atoms with Gasteiger partial charge in [0.15, 0.2) is 5.65 Å². The lowest BCUT2D eigenvalue weighted by Gasteiger charge is -2.21. The van der Waals surface area contributed by atoms with Crippen molar-refractivity contribution in [3.05, 3.63) is 40.5 Å². The predicted octanol–water partition coefficient (Wildman–Crippen LogP) is 6.49. The second-order valence-corrected chi connectivity index (χ2v) is 8.99. The second kappa shape index (κ2) is 12.9. The van der Waals surface area contributed by atoms with Crippen molar-refractivity contribution in [2.45, 2.75) is 46.6 Å². The van der Waals surface area contributed by atoms with Gasteiger partial charge in [0.25, 0.3) is 0 Å². The van der Waals surface area contributed by atoms with Crippen LogP contribution in [0.2, 0.25) is 10.0 Å². The van der Waals surface area contributed by atoms with Crippen molar-refractivity contribution in [3.63, 3.8) is 0 Å². The van der Waals surface area contributed by atoms with E-state index in [2.05, 4.69) is 46.3 Å². The highest BCUT2D eigenvalue weighted by Crippen LogP contribution is 2.30. The van der Waals surface area contributed by atoms with E-state index in [1.54, 1.807) is 31.3 Å². The summed E-state index contributed by atoms with van der Waals surface area (Å²) in [4.78, 5) is 28.3. The Balaban J connectivity index is 1.90. The summed E-state index contributed by atoms with van der Waals surface area (Å²) in [6.07, 6.45) is 3.15. The van der Waals surface area contributed by atoms with E-state index < -0.39 is 6.09 Å². The number of anilines is 2. The normalized spacial score (nSPS) is 12.1. The van der Waals surface area contributed by atoms with E-state index in [0.29, 0.717) is 32.7 Å². The van der Waals surface area contributed by atoms with Crippen LogP contribution in [0, 0.1) is 0 Å². The van der Waals surface area contributed by atoms with Crippen molar-refractivity contribution in [1.82, 2.24) is 19.9 Å². The fraction of sp³-hybridized carbons (Fsp3) is 0.440. The monoisotopic (exact) mass is 518 g/mol. The molecule has 0 aliphatic carbocycles. The molecule has 0 radical (unpaired) electrons. The number of ether oxygens (including phenoxy) is 1. The predicted molar refractivity (Wildman–Crippen MR) is 144 cm³/mol. The molecule has 0 saturated heterocycles. The number of amides is 1. The molecule has 0 bridgehead atoms. The molecule has 3 rings (SSSR count). The smallest absolute Gasteiger partial charge is 0.412 e. The first-order valence-electron chi connectivity index (χ1n) is 11.9. The Morgan fingerprint density at radius 3 is 2.57 bits per heavy atom. The molecular weight excluding hydrogens is 487 g/mol. The van der Waals surface area contributed by atoms with Gasteiger partial charge in [0.1, 0.15) is 11.3 Å². The molecule has 1 atom stereocenters. The quantitative estimate of drug-likeness (QED) is 0.299. The lowest BCUT2D eigenvalue weighted by molar-refractivity contribution is 0.168. The third-order valence-electron chi connectivity index (χ3n) is 5.65. The molecule has 8 nitrogen and oxygen atoms in total. The van der Waals surface area contributed by atoms with Crippen molar-refractivity contribution in [2.24, 2.45) is 0 Å². The fourth-order valence-corrected chi connectivity index (χ4v) is 4.04. The molecule has 0 aliphatic heterocycles. The average Bonchev–Trinajstić information content (AvgIpc) is 2.83. The van der Waals surface area contributed by atoms with Crippen LogP contribution in [0.3, 0.4) is 0 Å². The molecule has 0 saturated carbocycles. The molecule has 3 aromatic rings. The Morgan fingerprint density at radius 1 is 1.11 bits per heavy atom. The molecule has 2 N–H and O–H groups in total. The van der Waals surface area contributed by atoms with E-state index in [0.717, 1.165) is 43.7 Å². The van der Waals surface area contributed by atoms with Crippen LogP contribution in [0.4, 0.5) is 16.3 Å². The van der Waals surface area contributed by atoms with E-state index in [9.17, 15) is 4.79 Å². The minimum absolute atomic E-state index is 0.183. The number of hydrogen-bond acceptors (Lipinski definition) is 7. The van der Waals surface area contributed by atoms with Gasteiger partial charge in [-0.15, -0.1) is 0 Å². The maximum Gasteiger partial charge on any atom is 0.412 e. The number of carbonyl (C=O) groups excluding carboxylic acids is 1. The van der Waals surface area contributed by atoms with E-state index in [1.165, 1.54) is 0 Å². The van der Waals surface area contributed by atoms with Crippen molar-refractivity contribution >= 4 is 52.0 Å². The van der Waals surface area contributed by atoms with E-state index in [-0.39, 0.29) is 12.6 Å². The summed E-state index contributed by atoms with van der Waals surface area (Å²) in [5, 5.41) is 7.09. The van der Waals surface area contributed by atoms with Gasteiger partial charge in [-0.1, -0.05) is 43.1 Å². The Kier molecular flexibility index (Phi) is 9.89. The van der Waals surface area contributed by atoms with E-state index in [4.69, 9.17) is 32.9 Å². The van der Waals surface area contributed by atoms with E-state index >= 15 is 0 Å². The number of halogens is 2. The highest BCUT2D eigenvalue weighted by atomic mass is 35.5. The number of carbonyl (C=O) groups is 1. The number of fused-ring (bicyclic) bond motifs is 1. The number of benzene rings is 1. The first kappa shape index (κ1) is 26.9. The molecule has 188 valence electrons. The Bertz CT molecular complexity index is 1160. The third-order valence-corrected chi connectivity index (χ3v) is 6.38. The standard InChI is InChI=1S/C25H32Cl2N6O2/c1-5-33(6-2)12-8-9-16(4)29-20-14-22(32-25(34)35-7-3)31-24-23(20)28-15-21(30-24)17-10-11-18(26)19(27)13-17/h10-11,13-16H,5-9,12H2,1-4H3,(H2,29,30,31,32,34)/t16-/m0/s1. The molecule has 0 aliphatic rings. The topological polar surface area (TPSA) is 92.3 Å². The maximum absolute atomic E-state index is 12.0. The van der Waals surface area contributed by atoms with Crippen LogP contribution in [0.1, 0.15) is 40.5 Å². The molecule has 0 fully saturated rings. The van der Waals surface area contributed by atoms with Crippen molar-refractivity contribution in [2.75, 3.05) is 36.9 Å². The Morgan fingerprint density at radius 2 is 1.89 bits per heavy atom. The van der Waals surface area contributed by atoms with Gasteiger partial charge in [0, 0.05) is 17.7 Å². The van der Waals surface area contributed by atoms with Crippen molar-refractivity contribution in [1.29, 1.82) is 0 Å². The maximum atomic E-state index is 12.0. The lowest BCUT2D eigenvalue weighted by Crippen LogP contribution is -2.25. The molecule has 1 aromatic carbocycles. The summed E-state index contributed by atoms with van der Waals surface area (Å²) in [6, 6.07) is 7.21. The first-order valence-corrected chi connectivity index (χ1v) is 12.7. The van der Waals surface area contributed by atoms with Crippen molar-refractivity contribution < 1.29 is 9.53 Å². The molecule has 2 heterocycles. The van der Waals surface area contributed by atoms with Gasteiger partial charge in [-0.2, -0.15) is 0 Å². The number of rotatable bonds is 11. The van der Waals surface area contributed by atoms with Gasteiger partial charge >= 0.3 is 6.09 Å². The Labute approximate surface area is 216 Å². The van der Waals surface area contributed by atoms with Crippen LogP contribution in [0.15, 0.2) is 30.5 Å². The van der Waals surface area contributed by atoms with Crippen LogP contribution in [0.5, 0.6) is 0 Å². The molecule has 2 aromatic heterocycles. The average molecular weight is 519 g/mol. The highest BCUT2D eigenvalue weighted by molar-refractivity contribution is 6.42. The van der Waals surface area contributed by atoms with Gasteiger partial charge in [-0.25, -0.2) is 19.7 Å². The van der Waals surface area contributed by atoms with Gasteiger partial charge in [0.05, 0.1) is 34.2 Å². The molecule has 0 unspecified atom stereocenters. The van der Waals surface area contributed by atoms with Crippen LogP contribution in [0.25, 0.3) is 22.4 Å². The largest absolute Gasteiger partial charge is 0.450 e. The van der Waals surface area contributed by atoms with Gasteiger partial charge < -0.3 is 15.0 Å². The number of nitrogens with zero attached hydrogens (tertiary/aromatic N) is 4. The second-order valence-electron chi connectivity index (χ2n) is 8.17. The van der Waals surface area contributed by atoms with Gasteiger partial charge in [0.2, 0.25) is 0 Å². The molecular formula is C25H32Cl2N6O2. The lowest BCUT2D eigenvalue weighted by atomic mass is 10.1. The van der Waals surface area contributed by atoms with Crippen LogP contribution >= 0.6 is 23.2 Å². The minimum atomic E-state index is -0.578. The SMILES string of the molecule is CCOC(=O)Nc1cc(N[C@@H](C)CCCN(CC)CC)c2ncc(-c3ccc(Cl)c(Cl)c3)nc2n1. The summed E-state index contributed by atoms with van der Waals surface area (Å²) in [5.74, 6) is 0.328. The summed E-state index contributed by atoms with van der Waals surface area (Å²) in [7, 11) is 0. The fourth-order valence-electron chi connectivity index (χ4n) is 3.74. The zero-order valence-electron chi connectivity index (χ0n) is 20.6. The first-order chi connectivity index (χ1) is 16.8. The minimum Gasteiger partial charge on any atom is -0.450 e. The third kappa shape index (κ3) is 7.40. The zero-order valence-corrected chi connectivity index (χ0v) is 22.1. The summed E-state index contributed by atoms with van der Waals surface area (Å²) >= 11 is 12.2. The van der Waals surface area contributed by atoms with Gasteiger partial charge in [-0.3, -0.25) is 5.32 Å². The van der Waals surface area contributed by atoms with Crippen LogP contribution in [-0.2, 0) is 4.74 Å². The number of hydrogen-bond donors (Lipinski definition) is 2. The summed E-state index contributed by atoms with van der Waals surface area (Å²) in [5.41, 5.74) is 3.10. The molecule has 35 heavy (non-hydrogen) atoms. The highest BCUT2D eigenvalue weighted by Gasteiger charge is 2.15. The van der Waals surface area contributed by atoms with E-state index in [1.807, 2.05) is 6.07 Å². The summed E-state index contributed by atoms with van der Waals surface area (Å²) in [6.45, 7) is 11.6. The van der Waals surface area contributed by atoms with Crippen LogP contribution < -0.4 is 10.6 Å². The molecule has 10 heteroatoms.